The Morgan fingerprint density at radius 1 is 1.22 bits per heavy atom. The van der Waals surface area contributed by atoms with Crippen molar-refractivity contribution in [2.45, 2.75) is 40.0 Å². The van der Waals surface area contributed by atoms with Crippen LogP contribution < -0.4 is 5.56 Å². The Hall–Kier alpha value is -1.42. The number of aromatic amines is 1. The lowest BCUT2D eigenvalue weighted by molar-refractivity contribution is 0.604. The first-order valence-electron chi connectivity index (χ1n) is 5.97. The highest BCUT2D eigenvalue weighted by molar-refractivity contribution is 7.15. The fourth-order valence-electron chi connectivity index (χ4n) is 1.63. The van der Waals surface area contributed by atoms with Gasteiger partial charge in [-0.15, -0.1) is 11.3 Å². The topological polar surface area (TPSA) is 45.8 Å². The Kier molecular flexibility index (Phi) is 3.15. The van der Waals surface area contributed by atoms with Crippen LogP contribution in [0.25, 0.3) is 10.7 Å². The molecule has 0 spiro atoms. The highest BCUT2D eigenvalue weighted by Gasteiger charge is 2.17. The van der Waals surface area contributed by atoms with E-state index >= 15 is 0 Å². The molecule has 2 heterocycles. The predicted octanol–water partition coefficient (Wildman–Crippen LogP) is 3.41. The number of aromatic nitrogens is 2. The van der Waals surface area contributed by atoms with Gasteiger partial charge in [0.2, 0.25) is 0 Å². The second-order valence-corrected chi connectivity index (χ2v) is 6.62. The molecule has 2 rings (SSSR count). The molecule has 18 heavy (non-hydrogen) atoms. The van der Waals surface area contributed by atoms with Crippen molar-refractivity contribution >= 4 is 11.3 Å². The van der Waals surface area contributed by atoms with E-state index in [-0.39, 0.29) is 11.0 Å². The van der Waals surface area contributed by atoms with Gasteiger partial charge in [-0.2, -0.15) is 0 Å². The van der Waals surface area contributed by atoms with E-state index in [0.717, 1.165) is 10.6 Å². The monoisotopic (exact) mass is 262 g/mol. The van der Waals surface area contributed by atoms with E-state index in [4.69, 9.17) is 0 Å². The maximum absolute atomic E-state index is 11.7. The molecule has 0 aliphatic rings. The van der Waals surface area contributed by atoms with Gasteiger partial charge < -0.3 is 4.98 Å². The fraction of sp³-hybridized carbons (Fsp3) is 0.429. The van der Waals surface area contributed by atoms with Gasteiger partial charge in [-0.25, -0.2) is 4.98 Å². The van der Waals surface area contributed by atoms with Crippen molar-refractivity contribution in [1.82, 2.24) is 9.97 Å². The third kappa shape index (κ3) is 2.38. The Bertz CT molecular complexity index is 632. The van der Waals surface area contributed by atoms with Crippen LogP contribution in [0.4, 0.5) is 0 Å². The molecular weight excluding hydrogens is 244 g/mol. The van der Waals surface area contributed by atoms with Crippen molar-refractivity contribution < 1.29 is 0 Å². The van der Waals surface area contributed by atoms with Gasteiger partial charge in [0.15, 0.2) is 5.82 Å². The SMILES string of the molecule is Cc1nc(-c2ccc(C(C)(C)C)s2)[nH]c(=O)c1C. The first-order chi connectivity index (χ1) is 8.29. The first-order valence-corrected chi connectivity index (χ1v) is 6.79. The van der Waals surface area contributed by atoms with E-state index in [0.29, 0.717) is 11.4 Å². The minimum absolute atomic E-state index is 0.0526. The van der Waals surface area contributed by atoms with Gasteiger partial charge in [0.1, 0.15) is 0 Å². The number of hydrogen-bond acceptors (Lipinski definition) is 3. The molecule has 0 atom stereocenters. The molecule has 0 radical (unpaired) electrons. The van der Waals surface area contributed by atoms with E-state index in [1.165, 1.54) is 4.88 Å². The molecule has 4 heteroatoms. The summed E-state index contributed by atoms with van der Waals surface area (Å²) in [5, 5.41) is 0. The van der Waals surface area contributed by atoms with Crippen LogP contribution in [0, 0.1) is 13.8 Å². The van der Waals surface area contributed by atoms with Crippen molar-refractivity contribution in [1.29, 1.82) is 0 Å². The van der Waals surface area contributed by atoms with Gasteiger partial charge in [-0.3, -0.25) is 4.79 Å². The van der Waals surface area contributed by atoms with Gasteiger partial charge in [0, 0.05) is 16.1 Å². The van der Waals surface area contributed by atoms with Crippen molar-refractivity contribution in [2.75, 3.05) is 0 Å². The van der Waals surface area contributed by atoms with Crippen molar-refractivity contribution in [3.63, 3.8) is 0 Å². The molecule has 96 valence electrons. The van der Waals surface area contributed by atoms with Crippen LogP contribution >= 0.6 is 11.3 Å². The molecule has 0 fully saturated rings. The third-order valence-corrected chi connectivity index (χ3v) is 4.49. The highest BCUT2D eigenvalue weighted by atomic mass is 32.1. The number of thiophene rings is 1. The standard InChI is InChI=1S/C14H18N2OS/c1-8-9(2)15-12(16-13(8)17)10-6-7-11(18-10)14(3,4)5/h6-7H,1-5H3,(H,15,16,17). The summed E-state index contributed by atoms with van der Waals surface area (Å²) in [7, 11) is 0. The summed E-state index contributed by atoms with van der Waals surface area (Å²) in [4.78, 5) is 21.3. The van der Waals surface area contributed by atoms with Crippen LogP contribution in [0.5, 0.6) is 0 Å². The normalized spacial score (nSPS) is 11.8. The van der Waals surface area contributed by atoms with Crippen LogP contribution in [0.2, 0.25) is 0 Å². The van der Waals surface area contributed by atoms with E-state index < -0.39 is 0 Å². The molecule has 1 N–H and O–H groups in total. The first kappa shape index (κ1) is 13.0. The lowest BCUT2D eigenvalue weighted by Crippen LogP contribution is -2.13. The second kappa shape index (κ2) is 4.35. The van der Waals surface area contributed by atoms with Crippen molar-refractivity contribution in [3.8, 4) is 10.7 Å². The molecule has 0 unspecified atom stereocenters. The number of nitrogens with one attached hydrogen (secondary N) is 1. The molecule has 0 saturated heterocycles. The molecule has 0 saturated carbocycles. The fourth-order valence-corrected chi connectivity index (χ4v) is 2.64. The van der Waals surface area contributed by atoms with Crippen molar-refractivity contribution in [3.05, 3.63) is 38.6 Å². The highest BCUT2D eigenvalue weighted by Crippen LogP contribution is 2.33. The zero-order valence-electron chi connectivity index (χ0n) is 11.4. The molecule has 3 nitrogen and oxygen atoms in total. The van der Waals surface area contributed by atoms with Crippen LogP contribution in [0.15, 0.2) is 16.9 Å². The summed E-state index contributed by atoms with van der Waals surface area (Å²) in [5.74, 6) is 0.670. The molecule has 2 aromatic rings. The van der Waals surface area contributed by atoms with Gasteiger partial charge in [0.05, 0.1) is 4.88 Å². The number of aryl methyl sites for hydroxylation is 1. The number of rotatable bonds is 1. The lowest BCUT2D eigenvalue weighted by Gasteiger charge is -2.15. The second-order valence-electron chi connectivity index (χ2n) is 5.54. The van der Waals surface area contributed by atoms with Crippen LogP contribution in [0.1, 0.15) is 36.9 Å². The van der Waals surface area contributed by atoms with Gasteiger partial charge in [0.25, 0.3) is 5.56 Å². The van der Waals surface area contributed by atoms with Crippen LogP contribution in [-0.2, 0) is 5.41 Å². The summed E-state index contributed by atoms with van der Waals surface area (Å²) in [6.45, 7) is 10.2. The third-order valence-electron chi connectivity index (χ3n) is 2.97. The molecule has 0 aliphatic carbocycles. The Balaban J connectivity index is 2.50. The quantitative estimate of drug-likeness (QED) is 0.856. The van der Waals surface area contributed by atoms with E-state index in [1.807, 2.05) is 13.0 Å². The average Bonchev–Trinajstić information content (AvgIpc) is 2.73. The summed E-state index contributed by atoms with van der Waals surface area (Å²) >= 11 is 1.68. The van der Waals surface area contributed by atoms with Gasteiger partial charge in [-0.1, -0.05) is 20.8 Å². The maximum atomic E-state index is 11.7. The van der Waals surface area contributed by atoms with E-state index in [9.17, 15) is 4.79 Å². The molecule has 0 amide bonds. The van der Waals surface area contributed by atoms with E-state index in [2.05, 4.69) is 36.8 Å². The lowest BCUT2D eigenvalue weighted by atomic mass is 9.95. The molecule has 2 aromatic heterocycles. The minimum atomic E-state index is -0.0526. The molecule has 0 aliphatic heterocycles. The van der Waals surface area contributed by atoms with Gasteiger partial charge >= 0.3 is 0 Å². The Morgan fingerprint density at radius 3 is 2.39 bits per heavy atom. The Labute approximate surface area is 111 Å². The number of nitrogens with zero attached hydrogens (tertiary/aromatic N) is 1. The largest absolute Gasteiger partial charge is 0.306 e. The average molecular weight is 262 g/mol. The molecule has 0 aromatic carbocycles. The number of hydrogen-bond donors (Lipinski definition) is 1. The van der Waals surface area contributed by atoms with Crippen LogP contribution in [0.3, 0.4) is 0 Å². The zero-order chi connectivity index (χ0) is 13.5. The molecular formula is C14H18N2OS. The Morgan fingerprint density at radius 2 is 1.89 bits per heavy atom. The predicted molar refractivity (Wildman–Crippen MR) is 76.3 cm³/mol. The molecule has 0 bridgehead atoms. The van der Waals surface area contributed by atoms with Gasteiger partial charge in [-0.05, 0) is 31.4 Å². The smallest absolute Gasteiger partial charge is 0.254 e. The zero-order valence-corrected chi connectivity index (χ0v) is 12.2. The van der Waals surface area contributed by atoms with Crippen molar-refractivity contribution in [2.24, 2.45) is 0 Å². The summed E-state index contributed by atoms with van der Waals surface area (Å²) in [6, 6.07) is 4.13. The summed E-state index contributed by atoms with van der Waals surface area (Å²) < 4.78 is 0. The summed E-state index contributed by atoms with van der Waals surface area (Å²) in [6.07, 6.45) is 0. The summed E-state index contributed by atoms with van der Waals surface area (Å²) in [5.41, 5.74) is 1.55. The van der Waals surface area contributed by atoms with E-state index in [1.54, 1.807) is 18.3 Å². The minimum Gasteiger partial charge on any atom is -0.306 e. The van der Waals surface area contributed by atoms with Crippen LogP contribution in [-0.4, -0.2) is 9.97 Å². The maximum Gasteiger partial charge on any atom is 0.254 e. The number of H-pyrrole nitrogens is 1.